The lowest BCUT2D eigenvalue weighted by molar-refractivity contribution is 0.0441. The monoisotopic (exact) mass is 455 g/mol. The van der Waals surface area contributed by atoms with Crippen LogP contribution in [0.2, 0.25) is 5.02 Å². The molecule has 3 aromatic rings. The van der Waals surface area contributed by atoms with Gasteiger partial charge >= 0.3 is 0 Å². The molecule has 2 aliphatic rings. The highest BCUT2D eigenvalue weighted by Gasteiger charge is 2.33. The SMILES string of the molecule is OC(CC1c2ccccc2-c2cncn21)C1CCN(CCOc2ccc(F)c(Cl)c2)CC1. The second-order valence-corrected chi connectivity index (χ2v) is 9.10. The quantitative estimate of drug-likeness (QED) is 0.556. The molecule has 3 heterocycles. The van der Waals surface area contributed by atoms with Gasteiger partial charge in [-0.2, -0.15) is 0 Å². The van der Waals surface area contributed by atoms with E-state index < -0.39 is 5.82 Å². The molecule has 2 aliphatic heterocycles. The second kappa shape index (κ2) is 9.22. The minimum absolute atomic E-state index is 0.0741. The van der Waals surface area contributed by atoms with Crippen LogP contribution in [-0.4, -0.2) is 51.9 Å². The van der Waals surface area contributed by atoms with Gasteiger partial charge in [0, 0.05) is 18.2 Å². The van der Waals surface area contributed by atoms with E-state index in [0.29, 0.717) is 24.7 Å². The van der Waals surface area contributed by atoms with E-state index in [2.05, 4.69) is 38.7 Å². The van der Waals surface area contributed by atoms with E-state index in [4.69, 9.17) is 16.3 Å². The van der Waals surface area contributed by atoms with Crippen LogP contribution in [0.5, 0.6) is 5.75 Å². The number of rotatable bonds is 7. The fourth-order valence-corrected chi connectivity index (χ4v) is 5.19. The van der Waals surface area contributed by atoms with Crippen LogP contribution >= 0.6 is 11.6 Å². The van der Waals surface area contributed by atoms with Gasteiger partial charge in [-0.25, -0.2) is 9.37 Å². The smallest absolute Gasteiger partial charge is 0.142 e. The van der Waals surface area contributed by atoms with Gasteiger partial charge in [-0.3, -0.25) is 4.90 Å². The topological polar surface area (TPSA) is 50.5 Å². The van der Waals surface area contributed by atoms with Crippen molar-refractivity contribution < 1.29 is 14.2 Å². The van der Waals surface area contributed by atoms with E-state index in [-0.39, 0.29) is 17.2 Å². The largest absolute Gasteiger partial charge is 0.492 e. The van der Waals surface area contributed by atoms with Crippen LogP contribution in [0.1, 0.15) is 30.9 Å². The maximum absolute atomic E-state index is 13.3. The standard InChI is InChI=1S/C25H27ClFN3O2/c26-21-13-18(5-6-22(21)27)32-12-11-29-9-7-17(8-10-29)25(31)14-23-19-3-1-2-4-20(19)24-15-28-16-30(23)24/h1-6,13,15-17,23,25,31H,7-12,14H2. The summed E-state index contributed by atoms with van der Waals surface area (Å²) in [5.41, 5.74) is 3.63. The summed E-state index contributed by atoms with van der Waals surface area (Å²) in [4.78, 5) is 6.67. The molecule has 7 heteroatoms. The number of hydrogen-bond acceptors (Lipinski definition) is 4. The number of aliphatic hydroxyl groups is 1. The number of halogens is 2. The molecule has 0 radical (unpaired) electrons. The van der Waals surface area contributed by atoms with Gasteiger partial charge in [0.1, 0.15) is 18.2 Å². The Balaban J connectivity index is 1.11. The zero-order valence-electron chi connectivity index (χ0n) is 17.8. The molecule has 168 valence electrons. The first kappa shape index (κ1) is 21.4. The molecule has 2 atom stereocenters. The van der Waals surface area contributed by atoms with Gasteiger partial charge in [0.15, 0.2) is 0 Å². The van der Waals surface area contributed by atoms with Gasteiger partial charge < -0.3 is 14.4 Å². The lowest BCUT2D eigenvalue weighted by Gasteiger charge is -2.35. The van der Waals surface area contributed by atoms with E-state index in [9.17, 15) is 9.50 Å². The van der Waals surface area contributed by atoms with Crippen molar-refractivity contribution >= 4 is 11.6 Å². The summed E-state index contributed by atoms with van der Waals surface area (Å²) in [5, 5.41) is 11.1. The molecule has 5 rings (SSSR count). The van der Waals surface area contributed by atoms with Crippen molar-refractivity contribution in [3.63, 3.8) is 0 Å². The van der Waals surface area contributed by atoms with Crippen LogP contribution in [0.15, 0.2) is 55.0 Å². The summed E-state index contributed by atoms with van der Waals surface area (Å²) in [7, 11) is 0. The Kier molecular flexibility index (Phi) is 6.17. The lowest BCUT2D eigenvalue weighted by Crippen LogP contribution is -2.40. The minimum Gasteiger partial charge on any atom is -0.492 e. The molecule has 0 spiro atoms. The predicted molar refractivity (Wildman–Crippen MR) is 122 cm³/mol. The molecule has 2 aromatic carbocycles. The number of hydrogen-bond donors (Lipinski definition) is 1. The number of aromatic nitrogens is 2. The normalized spacial score (nSPS) is 19.5. The number of benzene rings is 2. The lowest BCUT2D eigenvalue weighted by atomic mass is 9.86. The van der Waals surface area contributed by atoms with Gasteiger partial charge in [0.05, 0.1) is 35.4 Å². The number of imidazole rings is 1. The number of aliphatic hydroxyl groups excluding tert-OH is 1. The second-order valence-electron chi connectivity index (χ2n) is 8.70. The third-order valence-corrected chi connectivity index (χ3v) is 7.10. The van der Waals surface area contributed by atoms with Crippen LogP contribution in [0.4, 0.5) is 4.39 Å². The van der Waals surface area contributed by atoms with E-state index in [0.717, 1.165) is 38.2 Å². The Hall–Kier alpha value is -2.41. The summed E-state index contributed by atoms with van der Waals surface area (Å²) in [5.74, 6) is 0.435. The van der Waals surface area contributed by atoms with Crippen LogP contribution in [-0.2, 0) is 0 Å². The zero-order valence-corrected chi connectivity index (χ0v) is 18.6. The van der Waals surface area contributed by atoms with Gasteiger partial charge in [-0.05, 0) is 56.0 Å². The Bertz CT molecular complexity index is 1080. The minimum atomic E-state index is -0.440. The molecular formula is C25H27ClFN3O2. The molecule has 0 amide bonds. The van der Waals surface area contributed by atoms with E-state index in [1.807, 2.05) is 12.5 Å². The first-order valence-corrected chi connectivity index (χ1v) is 11.6. The van der Waals surface area contributed by atoms with Crippen LogP contribution in [0, 0.1) is 11.7 Å². The molecule has 1 fully saturated rings. The Morgan fingerprint density at radius 1 is 1.19 bits per heavy atom. The third kappa shape index (κ3) is 4.27. The van der Waals surface area contributed by atoms with Crippen molar-refractivity contribution in [2.75, 3.05) is 26.2 Å². The van der Waals surface area contributed by atoms with Gasteiger partial charge in [0.25, 0.3) is 0 Å². The van der Waals surface area contributed by atoms with Gasteiger partial charge in [0.2, 0.25) is 0 Å². The van der Waals surface area contributed by atoms with Crippen LogP contribution in [0.25, 0.3) is 11.3 Å². The van der Waals surface area contributed by atoms with Crippen molar-refractivity contribution in [1.29, 1.82) is 0 Å². The highest BCUT2D eigenvalue weighted by atomic mass is 35.5. The molecule has 0 bridgehead atoms. The molecule has 0 saturated carbocycles. The average molecular weight is 456 g/mol. The van der Waals surface area contributed by atoms with Crippen molar-refractivity contribution in [3.8, 4) is 17.0 Å². The average Bonchev–Trinajstić information content (AvgIpc) is 3.39. The molecule has 32 heavy (non-hydrogen) atoms. The maximum atomic E-state index is 13.3. The molecule has 1 saturated heterocycles. The highest BCUT2D eigenvalue weighted by molar-refractivity contribution is 6.30. The summed E-state index contributed by atoms with van der Waals surface area (Å²) >= 11 is 5.80. The third-order valence-electron chi connectivity index (χ3n) is 6.81. The van der Waals surface area contributed by atoms with Crippen molar-refractivity contribution in [2.24, 2.45) is 5.92 Å². The van der Waals surface area contributed by atoms with Gasteiger partial charge in [-0.15, -0.1) is 0 Å². The molecule has 5 nitrogen and oxygen atoms in total. The van der Waals surface area contributed by atoms with E-state index in [1.54, 1.807) is 6.07 Å². The molecule has 2 unspecified atom stereocenters. The predicted octanol–water partition coefficient (Wildman–Crippen LogP) is 4.79. The number of likely N-dealkylation sites (tertiary alicyclic amines) is 1. The summed E-state index contributed by atoms with van der Waals surface area (Å²) in [6, 6.07) is 13.0. The van der Waals surface area contributed by atoms with Gasteiger partial charge in [-0.1, -0.05) is 35.9 Å². The summed E-state index contributed by atoms with van der Waals surface area (Å²) < 4.78 is 21.2. The van der Waals surface area contributed by atoms with E-state index in [1.165, 1.54) is 23.3 Å². The number of ether oxygens (including phenoxy) is 1. The van der Waals surface area contributed by atoms with Crippen LogP contribution in [0.3, 0.4) is 0 Å². The Morgan fingerprint density at radius 3 is 2.81 bits per heavy atom. The van der Waals surface area contributed by atoms with Crippen molar-refractivity contribution in [2.45, 2.75) is 31.4 Å². The number of fused-ring (bicyclic) bond motifs is 3. The molecular weight excluding hydrogens is 429 g/mol. The zero-order chi connectivity index (χ0) is 22.1. The van der Waals surface area contributed by atoms with Crippen molar-refractivity contribution in [1.82, 2.24) is 14.5 Å². The Labute approximate surface area is 192 Å². The summed E-state index contributed by atoms with van der Waals surface area (Å²) in [6.07, 6.45) is 6.08. The fourth-order valence-electron chi connectivity index (χ4n) is 5.01. The van der Waals surface area contributed by atoms with Crippen molar-refractivity contribution in [3.05, 3.63) is 71.4 Å². The maximum Gasteiger partial charge on any atom is 0.142 e. The summed E-state index contributed by atoms with van der Waals surface area (Å²) in [6.45, 7) is 3.20. The Morgan fingerprint density at radius 2 is 2.00 bits per heavy atom. The fraction of sp³-hybridized carbons (Fsp3) is 0.400. The first-order chi connectivity index (χ1) is 15.6. The van der Waals surface area contributed by atoms with Crippen LogP contribution < -0.4 is 4.74 Å². The molecule has 0 aliphatic carbocycles. The molecule has 1 aromatic heterocycles. The van der Waals surface area contributed by atoms with E-state index >= 15 is 0 Å². The number of piperidine rings is 1. The first-order valence-electron chi connectivity index (χ1n) is 11.2. The number of nitrogens with zero attached hydrogens (tertiary/aromatic N) is 3. The highest BCUT2D eigenvalue weighted by Crippen LogP contribution is 2.42. The molecule has 1 N–H and O–H groups in total.